The van der Waals surface area contributed by atoms with E-state index in [1.54, 1.807) is 13.0 Å². The lowest BCUT2D eigenvalue weighted by atomic mass is 10.1. The van der Waals surface area contributed by atoms with Crippen molar-refractivity contribution in [3.63, 3.8) is 0 Å². The van der Waals surface area contributed by atoms with E-state index < -0.39 is 5.97 Å². The summed E-state index contributed by atoms with van der Waals surface area (Å²) in [6.07, 6.45) is 2.55. The largest absolute Gasteiger partial charge is 0.478 e. The third-order valence-corrected chi connectivity index (χ3v) is 4.53. The summed E-state index contributed by atoms with van der Waals surface area (Å²) in [6.45, 7) is 7.28. The molecule has 1 aromatic heterocycles. The molecule has 5 nitrogen and oxygen atoms in total. The van der Waals surface area contributed by atoms with Crippen molar-refractivity contribution in [2.24, 2.45) is 0 Å². The predicted octanol–water partition coefficient (Wildman–Crippen LogP) is 1.76. The van der Waals surface area contributed by atoms with E-state index in [9.17, 15) is 4.79 Å². The van der Waals surface area contributed by atoms with Gasteiger partial charge < -0.3 is 10.0 Å². The number of carboxylic acids is 1. The molecule has 0 amide bonds. The highest BCUT2D eigenvalue weighted by molar-refractivity contribution is 5.89. The molecule has 2 saturated heterocycles. The molecule has 0 aromatic carbocycles. The van der Waals surface area contributed by atoms with E-state index in [2.05, 4.69) is 21.7 Å². The molecule has 1 N–H and O–H groups in total. The lowest BCUT2D eigenvalue weighted by molar-refractivity contribution is 0.0695. The van der Waals surface area contributed by atoms with Crippen molar-refractivity contribution in [1.82, 2.24) is 9.88 Å². The van der Waals surface area contributed by atoms with Crippen LogP contribution in [0.1, 0.15) is 35.8 Å². The zero-order chi connectivity index (χ0) is 14.3. The molecule has 0 spiro atoms. The molecule has 5 heteroatoms. The van der Waals surface area contributed by atoms with Crippen molar-refractivity contribution < 1.29 is 9.90 Å². The maximum absolute atomic E-state index is 11.1. The van der Waals surface area contributed by atoms with Gasteiger partial charge in [0.05, 0.1) is 11.3 Å². The fourth-order valence-corrected chi connectivity index (χ4v) is 3.44. The van der Waals surface area contributed by atoms with E-state index >= 15 is 0 Å². The number of aromatic carboxylic acids is 1. The predicted molar refractivity (Wildman–Crippen MR) is 77.3 cm³/mol. The molecule has 2 unspecified atom stereocenters. The molecule has 0 radical (unpaired) electrons. The Balaban J connectivity index is 1.85. The van der Waals surface area contributed by atoms with Crippen LogP contribution in [0.25, 0.3) is 0 Å². The van der Waals surface area contributed by atoms with Crippen LogP contribution in [0.3, 0.4) is 0 Å². The molecular weight excluding hydrogens is 254 g/mol. The molecule has 0 bridgehead atoms. The van der Waals surface area contributed by atoms with Crippen LogP contribution in [0.2, 0.25) is 0 Å². The van der Waals surface area contributed by atoms with Crippen molar-refractivity contribution in [2.75, 3.05) is 24.5 Å². The first-order chi connectivity index (χ1) is 9.56. The van der Waals surface area contributed by atoms with Crippen LogP contribution in [-0.2, 0) is 0 Å². The average molecular weight is 275 g/mol. The van der Waals surface area contributed by atoms with Gasteiger partial charge in [0, 0.05) is 25.2 Å². The molecule has 2 aliphatic heterocycles. The van der Waals surface area contributed by atoms with Gasteiger partial charge in [-0.3, -0.25) is 4.90 Å². The maximum Gasteiger partial charge on any atom is 0.337 e. The highest BCUT2D eigenvalue weighted by Gasteiger charge is 2.34. The van der Waals surface area contributed by atoms with E-state index in [-0.39, 0.29) is 0 Å². The fourth-order valence-electron chi connectivity index (χ4n) is 3.44. The van der Waals surface area contributed by atoms with Gasteiger partial charge in [-0.25, -0.2) is 9.78 Å². The summed E-state index contributed by atoms with van der Waals surface area (Å²) in [5, 5.41) is 9.08. The second kappa shape index (κ2) is 5.05. The van der Waals surface area contributed by atoms with Crippen molar-refractivity contribution >= 4 is 11.8 Å². The molecule has 108 valence electrons. The van der Waals surface area contributed by atoms with Crippen LogP contribution < -0.4 is 4.90 Å². The second-order valence-corrected chi connectivity index (χ2v) is 5.90. The molecule has 0 aliphatic carbocycles. The first-order valence-electron chi connectivity index (χ1n) is 7.28. The lowest BCUT2D eigenvalue weighted by Crippen LogP contribution is -2.55. The summed E-state index contributed by atoms with van der Waals surface area (Å²) in [7, 11) is 0. The SMILES string of the molecule is Cc1nc(N2CC3CCCN3CC2C)ccc1C(=O)O. The van der Waals surface area contributed by atoms with Gasteiger partial charge in [-0.15, -0.1) is 0 Å². The molecule has 3 rings (SSSR count). The zero-order valence-electron chi connectivity index (χ0n) is 12.0. The summed E-state index contributed by atoms with van der Waals surface area (Å²) in [6, 6.07) is 4.57. The number of rotatable bonds is 2. The average Bonchev–Trinajstić information content (AvgIpc) is 2.84. The van der Waals surface area contributed by atoms with Gasteiger partial charge in [-0.05, 0) is 45.4 Å². The van der Waals surface area contributed by atoms with Crippen molar-refractivity contribution in [2.45, 2.75) is 38.8 Å². The number of nitrogens with zero attached hydrogens (tertiary/aromatic N) is 3. The van der Waals surface area contributed by atoms with Gasteiger partial charge >= 0.3 is 5.97 Å². The molecule has 0 saturated carbocycles. The van der Waals surface area contributed by atoms with Gasteiger partial charge in [0.15, 0.2) is 0 Å². The topological polar surface area (TPSA) is 56.7 Å². The Bertz CT molecular complexity index is 532. The summed E-state index contributed by atoms with van der Waals surface area (Å²) in [4.78, 5) is 20.5. The number of piperazine rings is 1. The van der Waals surface area contributed by atoms with E-state index in [1.807, 2.05) is 6.07 Å². The van der Waals surface area contributed by atoms with E-state index in [1.165, 1.54) is 19.4 Å². The fraction of sp³-hybridized carbons (Fsp3) is 0.600. The molecule has 2 aliphatic rings. The Labute approximate surface area is 119 Å². The van der Waals surface area contributed by atoms with Crippen LogP contribution >= 0.6 is 0 Å². The molecule has 2 atom stereocenters. The first kappa shape index (κ1) is 13.4. The number of carbonyl (C=O) groups is 1. The monoisotopic (exact) mass is 275 g/mol. The number of anilines is 1. The van der Waals surface area contributed by atoms with E-state index in [0.717, 1.165) is 18.9 Å². The molecular formula is C15H21N3O2. The van der Waals surface area contributed by atoms with Crippen LogP contribution in [0.15, 0.2) is 12.1 Å². The highest BCUT2D eigenvalue weighted by atomic mass is 16.4. The minimum absolute atomic E-state index is 0.293. The number of fused-ring (bicyclic) bond motifs is 1. The Morgan fingerprint density at radius 3 is 2.90 bits per heavy atom. The van der Waals surface area contributed by atoms with Gasteiger partial charge in [-0.1, -0.05) is 0 Å². The molecule has 20 heavy (non-hydrogen) atoms. The van der Waals surface area contributed by atoms with Crippen LogP contribution in [0.4, 0.5) is 5.82 Å². The van der Waals surface area contributed by atoms with Crippen molar-refractivity contribution in [3.8, 4) is 0 Å². The first-order valence-corrected chi connectivity index (χ1v) is 7.28. The Morgan fingerprint density at radius 1 is 1.40 bits per heavy atom. The third-order valence-electron chi connectivity index (χ3n) is 4.53. The van der Waals surface area contributed by atoms with Crippen molar-refractivity contribution in [3.05, 3.63) is 23.4 Å². The summed E-state index contributed by atoms with van der Waals surface area (Å²) in [5.74, 6) is 0.00163. The Hall–Kier alpha value is -1.62. The zero-order valence-corrected chi connectivity index (χ0v) is 12.0. The summed E-state index contributed by atoms with van der Waals surface area (Å²) >= 11 is 0. The van der Waals surface area contributed by atoms with E-state index in [4.69, 9.17) is 5.11 Å². The molecule has 1 aromatic rings. The highest BCUT2D eigenvalue weighted by Crippen LogP contribution is 2.28. The normalized spacial score (nSPS) is 26.6. The minimum Gasteiger partial charge on any atom is -0.478 e. The maximum atomic E-state index is 11.1. The van der Waals surface area contributed by atoms with Crippen LogP contribution in [-0.4, -0.2) is 52.7 Å². The van der Waals surface area contributed by atoms with Gasteiger partial charge in [0.2, 0.25) is 0 Å². The van der Waals surface area contributed by atoms with Crippen LogP contribution in [0.5, 0.6) is 0 Å². The Kier molecular flexibility index (Phi) is 3.38. The number of aromatic nitrogens is 1. The summed E-state index contributed by atoms with van der Waals surface area (Å²) < 4.78 is 0. The Morgan fingerprint density at radius 2 is 2.20 bits per heavy atom. The van der Waals surface area contributed by atoms with Gasteiger partial charge in [-0.2, -0.15) is 0 Å². The standard InChI is InChI=1S/C15H21N3O2/c1-10-8-17-7-3-4-12(17)9-18(10)14-6-5-13(15(19)20)11(2)16-14/h5-6,10,12H,3-4,7-9H2,1-2H3,(H,19,20). The van der Waals surface area contributed by atoms with E-state index in [0.29, 0.717) is 23.3 Å². The second-order valence-electron chi connectivity index (χ2n) is 5.90. The van der Waals surface area contributed by atoms with Crippen molar-refractivity contribution in [1.29, 1.82) is 0 Å². The van der Waals surface area contributed by atoms with Gasteiger partial charge in [0.1, 0.15) is 5.82 Å². The number of hydrogen-bond acceptors (Lipinski definition) is 4. The minimum atomic E-state index is -0.907. The smallest absolute Gasteiger partial charge is 0.337 e. The number of aryl methyl sites for hydroxylation is 1. The molecule has 2 fully saturated rings. The quantitative estimate of drug-likeness (QED) is 0.891. The number of hydrogen-bond donors (Lipinski definition) is 1. The third kappa shape index (κ3) is 2.26. The number of carboxylic acid groups (broad SMARTS) is 1. The summed E-state index contributed by atoms with van der Waals surface area (Å²) in [5.41, 5.74) is 0.886. The van der Waals surface area contributed by atoms with Gasteiger partial charge in [0.25, 0.3) is 0 Å². The van der Waals surface area contributed by atoms with Crippen LogP contribution in [0, 0.1) is 6.92 Å². The molecule has 3 heterocycles. The lowest BCUT2D eigenvalue weighted by Gasteiger charge is -2.43. The number of pyridine rings is 1.